The minimum atomic E-state index is -0.126. The second-order valence-corrected chi connectivity index (χ2v) is 7.31. The van der Waals surface area contributed by atoms with E-state index in [4.69, 9.17) is 14.5 Å². The standard InChI is InChI=1S/C25H26N4O3/c1-3-32-24-16-22(19-8-4-5-9-23(19)31-2)28-21-15-17(10-11-20(21)24)25(30)26-13-6-7-18-12-14-27-29-18/h4-5,8-12,14-16H,3,6-7,13H2,1-2H3,(H,26,30)(H,27,29). The maximum absolute atomic E-state index is 12.7. The summed E-state index contributed by atoms with van der Waals surface area (Å²) in [6.07, 6.45) is 3.39. The highest BCUT2D eigenvalue weighted by Crippen LogP contribution is 2.34. The van der Waals surface area contributed by atoms with Crippen molar-refractivity contribution in [3.05, 3.63) is 72.1 Å². The highest BCUT2D eigenvalue weighted by molar-refractivity contribution is 5.99. The van der Waals surface area contributed by atoms with Gasteiger partial charge in [-0.05, 0) is 56.2 Å². The normalized spacial score (nSPS) is 10.8. The fourth-order valence-electron chi connectivity index (χ4n) is 3.61. The molecule has 2 heterocycles. The van der Waals surface area contributed by atoms with Crippen molar-refractivity contribution in [2.24, 2.45) is 0 Å². The lowest BCUT2D eigenvalue weighted by Gasteiger charge is -2.13. The Morgan fingerprint density at radius 2 is 1.97 bits per heavy atom. The lowest BCUT2D eigenvalue weighted by atomic mass is 10.1. The number of benzene rings is 2. The number of aryl methyl sites for hydroxylation is 1. The number of aromatic nitrogens is 3. The summed E-state index contributed by atoms with van der Waals surface area (Å²) in [5.74, 6) is 1.33. The van der Waals surface area contributed by atoms with Gasteiger partial charge >= 0.3 is 0 Å². The predicted molar refractivity (Wildman–Crippen MR) is 124 cm³/mol. The summed E-state index contributed by atoms with van der Waals surface area (Å²) in [5.41, 5.74) is 3.91. The van der Waals surface area contributed by atoms with Crippen LogP contribution in [0.1, 0.15) is 29.4 Å². The van der Waals surface area contributed by atoms with E-state index in [1.54, 1.807) is 25.4 Å². The first-order valence-corrected chi connectivity index (χ1v) is 10.7. The van der Waals surface area contributed by atoms with E-state index >= 15 is 0 Å². The molecule has 7 heteroatoms. The Bertz CT molecular complexity index is 1210. The summed E-state index contributed by atoms with van der Waals surface area (Å²) < 4.78 is 11.4. The number of carbonyl (C=O) groups is 1. The van der Waals surface area contributed by atoms with Crippen LogP contribution < -0.4 is 14.8 Å². The first-order chi connectivity index (χ1) is 15.7. The number of H-pyrrole nitrogens is 1. The molecule has 32 heavy (non-hydrogen) atoms. The minimum absolute atomic E-state index is 0.126. The minimum Gasteiger partial charge on any atom is -0.496 e. The van der Waals surface area contributed by atoms with Crippen LogP contribution in [0.3, 0.4) is 0 Å². The molecule has 164 valence electrons. The van der Waals surface area contributed by atoms with Crippen LogP contribution in [-0.2, 0) is 6.42 Å². The number of amides is 1. The van der Waals surface area contributed by atoms with Gasteiger partial charge < -0.3 is 14.8 Å². The van der Waals surface area contributed by atoms with Gasteiger partial charge in [0.1, 0.15) is 11.5 Å². The summed E-state index contributed by atoms with van der Waals surface area (Å²) in [6, 6.07) is 17.1. The second kappa shape index (κ2) is 9.96. The van der Waals surface area contributed by atoms with Gasteiger partial charge in [0, 0.05) is 41.0 Å². The van der Waals surface area contributed by atoms with E-state index < -0.39 is 0 Å². The number of pyridine rings is 1. The van der Waals surface area contributed by atoms with Gasteiger partial charge in [-0.3, -0.25) is 9.89 Å². The lowest BCUT2D eigenvalue weighted by molar-refractivity contribution is 0.0953. The zero-order chi connectivity index (χ0) is 22.3. The van der Waals surface area contributed by atoms with E-state index in [0.717, 1.165) is 46.7 Å². The number of para-hydroxylation sites is 1. The molecule has 0 bridgehead atoms. The molecular formula is C25H26N4O3. The average Bonchev–Trinajstić information content (AvgIpc) is 3.35. The third kappa shape index (κ3) is 4.72. The number of fused-ring (bicyclic) bond motifs is 1. The average molecular weight is 431 g/mol. The Hall–Kier alpha value is -3.87. The highest BCUT2D eigenvalue weighted by Gasteiger charge is 2.14. The van der Waals surface area contributed by atoms with Gasteiger partial charge in [0.05, 0.1) is 24.9 Å². The molecule has 0 aliphatic rings. The van der Waals surface area contributed by atoms with E-state index in [0.29, 0.717) is 24.2 Å². The molecule has 0 atom stereocenters. The highest BCUT2D eigenvalue weighted by atomic mass is 16.5. The quantitative estimate of drug-likeness (QED) is 0.384. The molecule has 2 aromatic heterocycles. The third-order valence-electron chi connectivity index (χ3n) is 5.18. The van der Waals surface area contributed by atoms with Crippen molar-refractivity contribution in [3.8, 4) is 22.8 Å². The number of nitrogens with one attached hydrogen (secondary N) is 2. The summed E-state index contributed by atoms with van der Waals surface area (Å²) in [4.78, 5) is 17.5. The zero-order valence-corrected chi connectivity index (χ0v) is 18.2. The van der Waals surface area contributed by atoms with Crippen molar-refractivity contribution in [2.45, 2.75) is 19.8 Å². The van der Waals surface area contributed by atoms with Crippen LogP contribution in [-0.4, -0.2) is 41.3 Å². The number of nitrogens with zero attached hydrogens (tertiary/aromatic N) is 2. The van der Waals surface area contributed by atoms with Crippen molar-refractivity contribution >= 4 is 16.8 Å². The van der Waals surface area contributed by atoms with Crippen LogP contribution in [0, 0.1) is 0 Å². The van der Waals surface area contributed by atoms with Crippen LogP contribution in [0.5, 0.6) is 11.5 Å². The molecular weight excluding hydrogens is 404 g/mol. The van der Waals surface area contributed by atoms with Crippen molar-refractivity contribution in [1.29, 1.82) is 0 Å². The number of carbonyl (C=O) groups excluding carboxylic acids is 1. The Morgan fingerprint density at radius 1 is 1.09 bits per heavy atom. The number of ether oxygens (including phenoxy) is 2. The number of aromatic amines is 1. The molecule has 0 aliphatic heterocycles. The molecule has 4 aromatic rings. The van der Waals surface area contributed by atoms with E-state index in [1.807, 2.05) is 49.4 Å². The van der Waals surface area contributed by atoms with Crippen molar-refractivity contribution in [3.63, 3.8) is 0 Å². The predicted octanol–water partition coefficient (Wildman–Crippen LogP) is 4.39. The van der Waals surface area contributed by atoms with Gasteiger partial charge in [0.2, 0.25) is 0 Å². The Labute approximate surface area is 186 Å². The molecule has 7 nitrogen and oxygen atoms in total. The molecule has 0 fully saturated rings. The Balaban J connectivity index is 1.59. The van der Waals surface area contributed by atoms with Gasteiger partial charge in [0.15, 0.2) is 0 Å². The zero-order valence-electron chi connectivity index (χ0n) is 18.2. The molecule has 2 aromatic carbocycles. The first-order valence-electron chi connectivity index (χ1n) is 10.7. The van der Waals surface area contributed by atoms with Crippen molar-refractivity contribution < 1.29 is 14.3 Å². The smallest absolute Gasteiger partial charge is 0.251 e. The van der Waals surface area contributed by atoms with E-state index in [2.05, 4.69) is 15.5 Å². The molecule has 1 amide bonds. The van der Waals surface area contributed by atoms with Gasteiger partial charge in [0.25, 0.3) is 5.91 Å². The van der Waals surface area contributed by atoms with Gasteiger partial charge in [-0.25, -0.2) is 4.98 Å². The van der Waals surface area contributed by atoms with E-state index in [9.17, 15) is 4.79 Å². The van der Waals surface area contributed by atoms with Gasteiger partial charge in [-0.15, -0.1) is 0 Å². The molecule has 0 spiro atoms. The molecule has 4 rings (SSSR count). The van der Waals surface area contributed by atoms with Crippen LogP contribution in [0.4, 0.5) is 0 Å². The lowest BCUT2D eigenvalue weighted by Crippen LogP contribution is -2.24. The largest absolute Gasteiger partial charge is 0.496 e. The van der Waals surface area contributed by atoms with Crippen molar-refractivity contribution in [2.75, 3.05) is 20.3 Å². The molecule has 0 unspecified atom stereocenters. The number of hydrogen-bond donors (Lipinski definition) is 2. The maximum atomic E-state index is 12.7. The van der Waals surface area contributed by atoms with Crippen LogP contribution in [0.25, 0.3) is 22.2 Å². The Kier molecular flexibility index (Phi) is 6.65. The van der Waals surface area contributed by atoms with E-state index in [-0.39, 0.29) is 5.91 Å². The monoisotopic (exact) mass is 430 g/mol. The fourth-order valence-corrected chi connectivity index (χ4v) is 3.61. The summed E-state index contributed by atoms with van der Waals surface area (Å²) in [6.45, 7) is 3.05. The first kappa shape index (κ1) is 21.4. The Morgan fingerprint density at radius 3 is 2.75 bits per heavy atom. The summed E-state index contributed by atoms with van der Waals surface area (Å²) in [5, 5.41) is 10.7. The van der Waals surface area contributed by atoms with Crippen LogP contribution in [0.2, 0.25) is 0 Å². The van der Waals surface area contributed by atoms with E-state index in [1.165, 1.54) is 0 Å². The molecule has 0 saturated heterocycles. The van der Waals surface area contributed by atoms with Crippen LogP contribution in [0.15, 0.2) is 60.8 Å². The van der Waals surface area contributed by atoms with Gasteiger partial charge in [-0.1, -0.05) is 12.1 Å². The van der Waals surface area contributed by atoms with Crippen LogP contribution >= 0.6 is 0 Å². The number of methoxy groups -OCH3 is 1. The van der Waals surface area contributed by atoms with Gasteiger partial charge in [-0.2, -0.15) is 5.10 Å². The molecule has 0 aliphatic carbocycles. The number of hydrogen-bond acceptors (Lipinski definition) is 5. The number of rotatable bonds is 9. The molecule has 2 N–H and O–H groups in total. The SMILES string of the molecule is CCOc1cc(-c2ccccc2OC)nc2cc(C(=O)NCCCc3ccn[nH]3)ccc12. The molecule has 0 radical (unpaired) electrons. The summed E-state index contributed by atoms with van der Waals surface area (Å²) in [7, 11) is 1.64. The fraction of sp³-hybridized carbons (Fsp3) is 0.240. The molecule has 0 saturated carbocycles. The second-order valence-electron chi connectivity index (χ2n) is 7.31. The topological polar surface area (TPSA) is 89.1 Å². The third-order valence-corrected chi connectivity index (χ3v) is 5.18. The van der Waals surface area contributed by atoms with Crippen molar-refractivity contribution in [1.82, 2.24) is 20.5 Å². The maximum Gasteiger partial charge on any atom is 0.251 e. The summed E-state index contributed by atoms with van der Waals surface area (Å²) >= 11 is 0.